The van der Waals surface area contributed by atoms with Crippen LogP contribution in [0.5, 0.6) is 0 Å². The van der Waals surface area contributed by atoms with Crippen LogP contribution < -0.4 is 10.7 Å². The lowest BCUT2D eigenvalue weighted by Crippen LogP contribution is -2.49. The lowest BCUT2D eigenvalue weighted by molar-refractivity contribution is -0.142. The number of rotatable bonds is 6. The van der Waals surface area contributed by atoms with Crippen LogP contribution in [0.3, 0.4) is 0 Å². The molecule has 0 bridgehead atoms. The zero-order valence-electron chi connectivity index (χ0n) is 15.0. The summed E-state index contributed by atoms with van der Waals surface area (Å²) in [5, 5.41) is 3.49. The number of hydrazine groups is 1. The largest absolute Gasteiger partial charge is 0.368 e. The predicted molar refractivity (Wildman–Crippen MR) is 94.8 cm³/mol. The minimum absolute atomic E-state index is 0.0802. The van der Waals surface area contributed by atoms with Gasteiger partial charge in [0.2, 0.25) is 0 Å². The molecule has 2 fully saturated rings. The second-order valence-electron chi connectivity index (χ2n) is 6.80. The predicted octanol–water partition coefficient (Wildman–Crippen LogP) is 2.22. The van der Waals surface area contributed by atoms with Gasteiger partial charge in [-0.2, -0.15) is 5.01 Å². The van der Waals surface area contributed by atoms with Crippen LogP contribution in [0.2, 0.25) is 0 Å². The van der Waals surface area contributed by atoms with Gasteiger partial charge in [-0.25, -0.2) is 4.79 Å². The third-order valence-electron chi connectivity index (χ3n) is 5.13. The van der Waals surface area contributed by atoms with Crippen molar-refractivity contribution in [1.82, 2.24) is 15.8 Å². The number of imide groups is 1. The first-order chi connectivity index (χ1) is 12.6. The van der Waals surface area contributed by atoms with Gasteiger partial charge in [0.05, 0.1) is 6.10 Å². The Balaban J connectivity index is 1.64. The molecule has 1 saturated carbocycles. The van der Waals surface area contributed by atoms with Gasteiger partial charge in [0.15, 0.2) is 0 Å². The Morgan fingerprint density at radius 1 is 1.23 bits per heavy atom. The summed E-state index contributed by atoms with van der Waals surface area (Å²) >= 11 is 0. The molecule has 1 aliphatic carbocycles. The van der Waals surface area contributed by atoms with Crippen molar-refractivity contribution in [3.8, 4) is 0 Å². The number of hydrogen-bond acceptors (Lipinski definition) is 4. The van der Waals surface area contributed by atoms with Gasteiger partial charge >= 0.3 is 6.03 Å². The summed E-state index contributed by atoms with van der Waals surface area (Å²) in [6.45, 7) is 1.66. The van der Waals surface area contributed by atoms with Crippen LogP contribution in [0.15, 0.2) is 30.3 Å². The fourth-order valence-electron chi connectivity index (χ4n) is 3.62. The van der Waals surface area contributed by atoms with Gasteiger partial charge in [-0.1, -0.05) is 56.5 Å². The van der Waals surface area contributed by atoms with Gasteiger partial charge in [-0.05, 0) is 24.8 Å². The van der Waals surface area contributed by atoms with Crippen LogP contribution in [-0.4, -0.2) is 35.6 Å². The number of hydrogen-bond donors (Lipinski definition) is 2. The van der Waals surface area contributed by atoms with Crippen LogP contribution in [0.4, 0.5) is 4.79 Å². The van der Waals surface area contributed by atoms with E-state index in [0.717, 1.165) is 30.7 Å². The van der Waals surface area contributed by atoms with Gasteiger partial charge in [-0.3, -0.25) is 15.0 Å². The highest BCUT2D eigenvalue weighted by Gasteiger charge is 2.52. The molecule has 2 N–H and O–H groups in total. The molecule has 26 heavy (non-hydrogen) atoms. The fourth-order valence-corrected chi connectivity index (χ4v) is 3.62. The second-order valence-corrected chi connectivity index (χ2v) is 6.80. The molecular weight excluding hydrogens is 334 g/mol. The van der Waals surface area contributed by atoms with Crippen molar-refractivity contribution >= 4 is 17.8 Å². The van der Waals surface area contributed by atoms with E-state index in [2.05, 4.69) is 10.7 Å². The van der Waals surface area contributed by atoms with E-state index in [-0.39, 0.29) is 12.7 Å². The van der Waals surface area contributed by atoms with Crippen molar-refractivity contribution < 1.29 is 19.1 Å². The Bertz CT molecular complexity index is 673. The zero-order chi connectivity index (χ0) is 18.6. The van der Waals surface area contributed by atoms with Gasteiger partial charge in [0.1, 0.15) is 12.1 Å². The number of urea groups is 1. The standard InChI is InChI=1S/C19H25N3O4/c1-2-19(14-9-5-3-6-10-14)17(24)22(18(25)20-19)21-16(23)13-26-15-11-7-4-8-12-15/h3,5-6,9-10,15H,2,4,7-8,11-13H2,1H3,(H,20,25)(H,21,23)/t19-/m1/s1. The summed E-state index contributed by atoms with van der Waals surface area (Å²) in [7, 11) is 0. The SMILES string of the molecule is CC[C@]1(c2ccccc2)NC(=O)N(NC(=O)COC2CCCCC2)C1=O. The van der Waals surface area contributed by atoms with E-state index >= 15 is 0 Å². The normalized spacial score (nSPS) is 23.8. The summed E-state index contributed by atoms with van der Waals surface area (Å²) in [6.07, 6.45) is 5.77. The molecule has 0 radical (unpaired) electrons. The number of nitrogens with zero attached hydrogens (tertiary/aromatic N) is 1. The van der Waals surface area contributed by atoms with Crippen molar-refractivity contribution in [2.75, 3.05) is 6.61 Å². The molecule has 1 heterocycles. The maximum Gasteiger partial charge on any atom is 0.344 e. The Morgan fingerprint density at radius 3 is 2.58 bits per heavy atom. The third kappa shape index (κ3) is 3.58. The smallest absolute Gasteiger partial charge is 0.344 e. The molecule has 1 aliphatic heterocycles. The summed E-state index contributed by atoms with van der Waals surface area (Å²) in [6, 6.07) is 8.41. The topological polar surface area (TPSA) is 87.7 Å². The highest BCUT2D eigenvalue weighted by atomic mass is 16.5. The summed E-state index contributed by atoms with van der Waals surface area (Å²) in [5.41, 5.74) is 1.92. The highest BCUT2D eigenvalue weighted by molar-refractivity contribution is 6.08. The number of benzene rings is 1. The number of carbonyl (C=O) groups excluding carboxylic acids is 3. The Kier molecular flexibility index (Phi) is 5.56. The van der Waals surface area contributed by atoms with Crippen LogP contribution in [0.1, 0.15) is 51.0 Å². The Morgan fingerprint density at radius 2 is 1.92 bits per heavy atom. The Hall–Kier alpha value is -2.41. The van der Waals surface area contributed by atoms with E-state index in [1.807, 2.05) is 25.1 Å². The highest BCUT2D eigenvalue weighted by Crippen LogP contribution is 2.31. The first-order valence-electron chi connectivity index (χ1n) is 9.20. The molecule has 4 amide bonds. The van der Waals surface area contributed by atoms with Gasteiger partial charge in [0.25, 0.3) is 11.8 Å². The van der Waals surface area contributed by atoms with Crippen LogP contribution >= 0.6 is 0 Å². The summed E-state index contributed by atoms with van der Waals surface area (Å²) in [5.74, 6) is -0.985. The molecule has 1 saturated heterocycles. The molecule has 1 aromatic rings. The van der Waals surface area contributed by atoms with Gasteiger partial charge in [-0.15, -0.1) is 0 Å². The maximum absolute atomic E-state index is 12.9. The molecule has 1 aromatic carbocycles. The van der Waals surface area contributed by atoms with Crippen molar-refractivity contribution in [1.29, 1.82) is 0 Å². The summed E-state index contributed by atoms with van der Waals surface area (Å²) < 4.78 is 5.61. The minimum atomic E-state index is -1.16. The average molecular weight is 359 g/mol. The lowest BCUT2D eigenvalue weighted by Gasteiger charge is -2.25. The third-order valence-corrected chi connectivity index (χ3v) is 5.13. The number of nitrogens with one attached hydrogen (secondary N) is 2. The molecule has 0 aromatic heterocycles. The first-order valence-corrected chi connectivity index (χ1v) is 9.20. The van der Waals surface area contributed by atoms with Crippen molar-refractivity contribution in [3.05, 3.63) is 35.9 Å². The minimum Gasteiger partial charge on any atom is -0.368 e. The van der Waals surface area contributed by atoms with E-state index in [4.69, 9.17) is 4.74 Å². The van der Waals surface area contributed by atoms with Crippen LogP contribution in [-0.2, 0) is 19.9 Å². The number of carbonyl (C=O) groups is 3. The van der Waals surface area contributed by atoms with E-state index < -0.39 is 23.4 Å². The number of ether oxygens (including phenoxy) is 1. The molecular formula is C19H25N3O4. The molecule has 0 spiro atoms. The number of amides is 4. The van der Waals surface area contributed by atoms with Crippen molar-refractivity contribution in [2.45, 2.75) is 57.1 Å². The monoisotopic (exact) mass is 359 g/mol. The molecule has 7 nitrogen and oxygen atoms in total. The molecule has 1 atom stereocenters. The van der Waals surface area contributed by atoms with E-state index in [0.29, 0.717) is 12.0 Å². The molecule has 3 rings (SSSR count). The fraction of sp³-hybridized carbons (Fsp3) is 0.526. The van der Waals surface area contributed by atoms with Crippen molar-refractivity contribution in [2.24, 2.45) is 0 Å². The van der Waals surface area contributed by atoms with Crippen LogP contribution in [0.25, 0.3) is 0 Å². The lowest BCUT2D eigenvalue weighted by atomic mass is 9.87. The van der Waals surface area contributed by atoms with Crippen molar-refractivity contribution in [3.63, 3.8) is 0 Å². The molecule has 7 heteroatoms. The molecule has 0 unspecified atom stereocenters. The summed E-state index contributed by atoms with van der Waals surface area (Å²) in [4.78, 5) is 37.4. The van der Waals surface area contributed by atoms with Gasteiger partial charge in [0, 0.05) is 0 Å². The second kappa shape index (κ2) is 7.86. The average Bonchev–Trinajstić information content (AvgIpc) is 2.93. The first kappa shape index (κ1) is 18.4. The van der Waals surface area contributed by atoms with Gasteiger partial charge < -0.3 is 10.1 Å². The van der Waals surface area contributed by atoms with E-state index in [9.17, 15) is 14.4 Å². The zero-order valence-corrected chi connectivity index (χ0v) is 15.0. The van der Waals surface area contributed by atoms with E-state index in [1.165, 1.54) is 6.42 Å². The molecule has 2 aliphatic rings. The Labute approximate surface area is 153 Å². The quantitative estimate of drug-likeness (QED) is 0.763. The van der Waals surface area contributed by atoms with E-state index in [1.54, 1.807) is 12.1 Å². The van der Waals surface area contributed by atoms with Crippen LogP contribution in [0, 0.1) is 0 Å². The molecule has 140 valence electrons. The maximum atomic E-state index is 12.9.